The summed E-state index contributed by atoms with van der Waals surface area (Å²) in [5.41, 5.74) is 1.99. The molecule has 3 N–H and O–H groups in total. The summed E-state index contributed by atoms with van der Waals surface area (Å²) in [6.45, 7) is 5.69. The number of hydrogen-bond acceptors (Lipinski definition) is 3. The highest BCUT2D eigenvalue weighted by Crippen LogP contribution is 2.20. The molecule has 2 aromatic rings. The smallest absolute Gasteiger partial charge is 0.307 e. The molecule has 0 aliphatic heterocycles. The predicted molar refractivity (Wildman–Crippen MR) is 105 cm³/mol. The number of amides is 2. The number of benzene rings is 2. The molecule has 7 heteroatoms. The molecule has 2 rings (SSSR count). The zero-order valence-corrected chi connectivity index (χ0v) is 16.0. The number of halogens is 1. The zero-order valence-electron chi connectivity index (χ0n) is 16.0. The van der Waals surface area contributed by atoms with Crippen LogP contribution in [0.1, 0.15) is 41.8 Å². The molecule has 0 heterocycles. The fourth-order valence-electron chi connectivity index (χ4n) is 2.65. The lowest BCUT2D eigenvalue weighted by Gasteiger charge is -2.12. The summed E-state index contributed by atoms with van der Waals surface area (Å²) in [5, 5.41) is 14.1. The van der Waals surface area contributed by atoms with Gasteiger partial charge in [0.2, 0.25) is 5.91 Å². The van der Waals surface area contributed by atoms with E-state index in [1.165, 1.54) is 12.1 Å². The highest BCUT2D eigenvalue weighted by molar-refractivity contribution is 6.05. The average molecular weight is 386 g/mol. The van der Waals surface area contributed by atoms with Crippen LogP contribution in [-0.2, 0) is 16.0 Å². The topological polar surface area (TPSA) is 95.5 Å². The van der Waals surface area contributed by atoms with Crippen LogP contribution in [0.25, 0.3) is 0 Å². The van der Waals surface area contributed by atoms with E-state index >= 15 is 0 Å². The summed E-state index contributed by atoms with van der Waals surface area (Å²) in [7, 11) is 0. The summed E-state index contributed by atoms with van der Waals surface area (Å²) in [6.07, 6.45) is -0.0195. The lowest BCUT2D eigenvalue weighted by molar-refractivity contribution is -0.136. The van der Waals surface area contributed by atoms with Crippen molar-refractivity contribution in [1.82, 2.24) is 0 Å². The second-order valence-corrected chi connectivity index (χ2v) is 7.01. The quantitative estimate of drug-likeness (QED) is 0.670. The molecule has 2 amide bonds. The van der Waals surface area contributed by atoms with Crippen LogP contribution < -0.4 is 10.6 Å². The van der Waals surface area contributed by atoms with Gasteiger partial charge in [-0.25, -0.2) is 4.39 Å². The molecule has 0 radical (unpaired) electrons. The summed E-state index contributed by atoms with van der Waals surface area (Å²) < 4.78 is 13.9. The minimum atomic E-state index is -1.13. The molecule has 0 atom stereocenters. The number of anilines is 2. The van der Waals surface area contributed by atoms with Crippen LogP contribution >= 0.6 is 0 Å². The van der Waals surface area contributed by atoms with Gasteiger partial charge in [0.1, 0.15) is 5.82 Å². The number of rotatable bonds is 7. The van der Waals surface area contributed by atoms with E-state index < -0.39 is 24.1 Å². The molecule has 2 aromatic carbocycles. The van der Waals surface area contributed by atoms with Crippen LogP contribution in [0, 0.1) is 18.7 Å². The van der Waals surface area contributed by atoms with E-state index in [1.54, 1.807) is 25.1 Å². The monoisotopic (exact) mass is 386 g/mol. The Bertz CT molecular complexity index is 909. The molecule has 6 nitrogen and oxygen atoms in total. The molecule has 0 bridgehead atoms. The van der Waals surface area contributed by atoms with Crippen molar-refractivity contribution in [3.63, 3.8) is 0 Å². The third-order valence-electron chi connectivity index (χ3n) is 4.01. The fraction of sp³-hybridized carbons (Fsp3) is 0.286. The van der Waals surface area contributed by atoms with Gasteiger partial charge in [-0.05, 0) is 54.3 Å². The Morgan fingerprint density at radius 3 is 2.36 bits per heavy atom. The Morgan fingerprint density at radius 2 is 1.79 bits per heavy atom. The Morgan fingerprint density at radius 1 is 1.07 bits per heavy atom. The van der Waals surface area contributed by atoms with Gasteiger partial charge in [0.25, 0.3) is 5.91 Å². The third kappa shape index (κ3) is 5.90. The molecule has 0 spiro atoms. The van der Waals surface area contributed by atoms with Crippen LogP contribution in [0.2, 0.25) is 0 Å². The first-order chi connectivity index (χ1) is 13.2. The number of carbonyl (C=O) groups is 3. The molecule has 148 valence electrons. The van der Waals surface area contributed by atoms with E-state index in [0.717, 1.165) is 11.6 Å². The maximum Gasteiger partial charge on any atom is 0.307 e. The molecule has 0 aliphatic rings. The lowest BCUT2D eigenvalue weighted by atomic mass is 10.1. The number of nitrogens with one attached hydrogen (secondary N) is 2. The van der Waals surface area contributed by atoms with Gasteiger partial charge in [-0.15, -0.1) is 0 Å². The second kappa shape index (κ2) is 9.12. The maximum absolute atomic E-state index is 13.9. The van der Waals surface area contributed by atoms with Gasteiger partial charge in [0, 0.05) is 23.4 Å². The van der Waals surface area contributed by atoms with Gasteiger partial charge in [0.05, 0.1) is 6.42 Å². The van der Waals surface area contributed by atoms with E-state index in [0.29, 0.717) is 17.7 Å². The SMILES string of the molecule is Cc1cc(C(=O)Nc2ccc(CC(=O)O)c(F)c2)ccc1NC(=O)CC(C)C. The van der Waals surface area contributed by atoms with Crippen LogP contribution in [0.3, 0.4) is 0 Å². The molecule has 0 saturated heterocycles. The van der Waals surface area contributed by atoms with E-state index in [-0.39, 0.29) is 23.1 Å². The number of hydrogen-bond donors (Lipinski definition) is 3. The van der Waals surface area contributed by atoms with Crippen molar-refractivity contribution in [2.24, 2.45) is 5.92 Å². The lowest BCUT2D eigenvalue weighted by Crippen LogP contribution is -2.16. The van der Waals surface area contributed by atoms with Gasteiger partial charge in [-0.1, -0.05) is 19.9 Å². The highest BCUT2D eigenvalue weighted by Gasteiger charge is 2.13. The van der Waals surface area contributed by atoms with E-state index in [2.05, 4.69) is 10.6 Å². The normalized spacial score (nSPS) is 10.6. The Kier molecular flexibility index (Phi) is 6.87. The molecule has 28 heavy (non-hydrogen) atoms. The highest BCUT2D eigenvalue weighted by atomic mass is 19.1. The largest absolute Gasteiger partial charge is 0.481 e. The standard InChI is InChI=1S/C21H23FN2O4/c1-12(2)8-19(25)24-18-7-5-15(9-13(18)3)21(28)23-16-6-4-14(10-20(26)27)17(22)11-16/h4-7,9,11-12H,8,10H2,1-3H3,(H,23,28)(H,24,25)(H,26,27). The number of carboxylic acids is 1. The first-order valence-corrected chi connectivity index (χ1v) is 8.87. The Hall–Kier alpha value is -3.22. The summed E-state index contributed by atoms with van der Waals surface area (Å²) in [5.74, 6) is -2.11. The van der Waals surface area contributed by atoms with Crippen LogP contribution in [0.5, 0.6) is 0 Å². The molecule has 0 aromatic heterocycles. The Balaban J connectivity index is 2.08. The number of carbonyl (C=O) groups excluding carboxylic acids is 2. The van der Waals surface area contributed by atoms with Crippen LogP contribution in [0.4, 0.5) is 15.8 Å². The molecule has 0 saturated carbocycles. The van der Waals surface area contributed by atoms with Gasteiger partial charge >= 0.3 is 5.97 Å². The third-order valence-corrected chi connectivity index (χ3v) is 4.01. The van der Waals surface area contributed by atoms with Crippen molar-refractivity contribution < 1.29 is 23.9 Å². The van der Waals surface area contributed by atoms with E-state index in [1.807, 2.05) is 13.8 Å². The molecular formula is C21H23FN2O4. The van der Waals surface area contributed by atoms with Crippen molar-refractivity contribution in [2.45, 2.75) is 33.6 Å². The summed E-state index contributed by atoms with van der Waals surface area (Å²) in [6, 6.07) is 8.73. The van der Waals surface area contributed by atoms with Gasteiger partial charge in [-0.2, -0.15) is 0 Å². The first kappa shape index (κ1) is 21.1. The minimum absolute atomic E-state index is 0.0443. The predicted octanol–water partition coefficient (Wildman–Crippen LogP) is 4.00. The van der Waals surface area contributed by atoms with Gasteiger partial charge in [0.15, 0.2) is 0 Å². The molecule has 0 unspecified atom stereocenters. The first-order valence-electron chi connectivity index (χ1n) is 8.87. The van der Waals surface area contributed by atoms with Crippen molar-refractivity contribution >= 4 is 29.2 Å². The maximum atomic E-state index is 13.9. The summed E-state index contributed by atoms with van der Waals surface area (Å²) >= 11 is 0. The van der Waals surface area contributed by atoms with E-state index in [4.69, 9.17) is 5.11 Å². The van der Waals surface area contributed by atoms with Gasteiger partial charge < -0.3 is 15.7 Å². The molecular weight excluding hydrogens is 363 g/mol. The number of aryl methyl sites for hydroxylation is 1. The summed E-state index contributed by atoms with van der Waals surface area (Å²) in [4.78, 5) is 35.0. The van der Waals surface area contributed by atoms with Crippen LogP contribution in [-0.4, -0.2) is 22.9 Å². The van der Waals surface area contributed by atoms with Gasteiger partial charge in [-0.3, -0.25) is 14.4 Å². The second-order valence-electron chi connectivity index (χ2n) is 7.01. The van der Waals surface area contributed by atoms with E-state index in [9.17, 15) is 18.8 Å². The van der Waals surface area contributed by atoms with Crippen molar-refractivity contribution in [1.29, 1.82) is 0 Å². The fourth-order valence-corrected chi connectivity index (χ4v) is 2.65. The zero-order chi connectivity index (χ0) is 20.8. The minimum Gasteiger partial charge on any atom is -0.481 e. The Labute approximate surface area is 162 Å². The number of carboxylic acid groups (broad SMARTS) is 1. The van der Waals surface area contributed by atoms with Crippen molar-refractivity contribution in [3.8, 4) is 0 Å². The van der Waals surface area contributed by atoms with Crippen molar-refractivity contribution in [2.75, 3.05) is 10.6 Å². The average Bonchev–Trinajstić information content (AvgIpc) is 2.58. The molecule has 0 aliphatic carbocycles. The van der Waals surface area contributed by atoms with Crippen LogP contribution in [0.15, 0.2) is 36.4 Å². The number of aliphatic carboxylic acids is 1. The molecule has 0 fully saturated rings. The van der Waals surface area contributed by atoms with Crippen molar-refractivity contribution in [3.05, 3.63) is 58.9 Å².